The fraction of sp³-hybridized carbons (Fsp3) is 0.111. The minimum Gasteiger partial charge on any atom is -0.276 e. The van der Waals surface area contributed by atoms with Gasteiger partial charge >= 0.3 is 0 Å². The second-order valence-corrected chi connectivity index (χ2v) is 5.39. The molecule has 2 rings (SSSR count). The number of halogens is 1. The summed E-state index contributed by atoms with van der Waals surface area (Å²) in [5.41, 5.74) is 0.389. The number of aryl methyl sites for hydroxylation is 1. The lowest BCUT2D eigenvalue weighted by Gasteiger charge is -2.05. The molecule has 6 nitrogen and oxygen atoms in total. The van der Waals surface area contributed by atoms with E-state index in [1.807, 2.05) is 0 Å². The molecule has 17 heavy (non-hydrogen) atoms. The quantitative estimate of drug-likeness (QED) is 0.854. The molecule has 90 valence electrons. The Bertz CT molecular complexity index is 638. The Kier molecular flexibility index (Phi) is 3.03. The molecule has 0 saturated carbocycles. The average Bonchev–Trinajstić information content (AvgIpc) is 2.63. The Balaban J connectivity index is 2.31. The highest BCUT2D eigenvalue weighted by atomic mass is 35.5. The highest BCUT2D eigenvalue weighted by Crippen LogP contribution is 2.16. The first-order valence-corrected chi connectivity index (χ1v) is 6.46. The van der Waals surface area contributed by atoms with Crippen molar-refractivity contribution in [2.24, 2.45) is 7.05 Å². The Morgan fingerprint density at radius 2 is 2.24 bits per heavy atom. The SMILES string of the molecule is Cn1cc(NS(=O)(=O)c2ccnc(Cl)c2)cn1. The molecule has 0 saturated heterocycles. The van der Waals surface area contributed by atoms with Gasteiger partial charge < -0.3 is 0 Å². The van der Waals surface area contributed by atoms with E-state index >= 15 is 0 Å². The fourth-order valence-corrected chi connectivity index (χ4v) is 2.52. The molecule has 2 aromatic rings. The molecule has 0 atom stereocenters. The van der Waals surface area contributed by atoms with Gasteiger partial charge in [-0.3, -0.25) is 9.40 Å². The number of nitrogens with one attached hydrogen (secondary N) is 1. The van der Waals surface area contributed by atoms with Crippen LogP contribution in [0.25, 0.3) is 0 Å². The number of pyridine rings is 1. The fourth-order valence-electron chi connectivity index (χ4n) is 1.24. The van der Waals surface area contributed by atoms with E-state index in [1.165, 1.54) is 29.2 Å². The van der Waals surface area contributed by atoms with Crippen molar-refractivity contribution in [3.8, 4) is 0 Å². The van der Waals surface area contributed by atoms with Crippen LogP contribution in [0.5, 0.6) is 0 Å². The first kappa shape index (κ1) is 11.9. The normalized spacial score (nSPS) is 11.4. The van der Waals surface area contributed by atoms with E-state index in [2.05, 4.69) is 14.8 Å². The van der Waals surface area contributed by atoms with Crippen molar-refractivity contribution < 1.29 is 8.42 Å². The van der Waals surface area contributed by atoms with Gasteiger partial charge in [0.2, 0.25) is 0 Å². The van der Waals surface area contributed by atoms with E-state index in [0.29, 0.717) is 5.69 Å². The number of nitrogens with zero attached hydrogens (tertiary/aromatic N) is 3. The molecule has 2 heterocycles. The predicted octanol–water partition coefficient (Wildman–Crippen LogP) is 1.27. The molecule has 8 heteroatoms. The lowest BCUT2D eigenvalue weighted by molar-refractivity contribution is 0.601. The summed E-state index contributed by atoms with van der Waals surface area (Å²) in [6, 6.07) is 2.64. The lowest BCUT2D eigenvalue weighted by Crippen LogP contribution is -2.12. The van der Waals surface area contributed by atoms with Gasteiger partial charge in [-0.25, -0.2) is 13.4 Å². The minimum absolute atomic E-state index is 0.0568. The number of hydrogen-bond donors (Lipinski definition) is 1. The molecule has 0 aliphatic heterocycles. The van der Waals surface area contributed by atoms with Crippen LogP contribution in [-0.2, 0) is 17.1 Å². The second kappa shape index (κ2) is 4.34. The summed E-state index contributed by atoms with van der Waals surface area (Å²) in [7, 11) is -1.95. The molecule has 0 bridgehead atoms. The topological polar surface area (TPSA) is 76.9 Å². The number of rotatable bonds is 3. The summed E-state index contributed by atoms with van der Waals surface area (Å²) in [6.45, 7) is 0. The van der Waals surface area contributed by atoms with E-state index in [4.69, 9.17) is 11.6 Å². The average molecular weight is 273 g/mol. The van der Waals surface area contributed by atoms with Gasteiger partial charge in [0, 0.05) is 19.4 Å². The summed E-state index contributed by atoms with van der Waals surface area (Å²) in [6.07, 6.45) is 4.31. The van der Waals surface area contributed by atoms with Crippen molar-refractivity contribution in [2.45, 2.75) is 4.90 Å². The number of anilines is 1. The third-order valence-corrected chi connectivity index (χ3v) is 3.55. The summed E-state index contributed by atoms with van der Waals surface area (Å²) in [5, 5.41) is 3.99. The summed E-state index contributed by atoms with van der Waals surface area (Å²) in [4.78, 5) is 3.78. The van der Waals surface area contributed by atoms with Gasteiger partial charge in [0.15, 0.2) is 0 Å². The summed E-state index contributed by atoms with van der Waals surface area (Å²) in [5.74, 6) is 0. The first-order valence-electron chi connectivity index (χ1n) is 4.60. The van der Waals surface area contributed by atoms with Gasteiger partial charge in [0.1, 0.15) is 5.15 Å². The van der Waals surface area contributed by atoms with Crippen LogP contribution in [-0.4, -0.2) is 23.2 Å². The Morgan fingerprint density at radius 3 is 2.82 bits per heavy atom. The third kappa shape index (κ3) is 2.75. The third-order valence-electron chi connectivity index (χ3n) is 1.97. The summed E-state index contributed by atoms with van der Waals surface area (Å²) < 4.78 is 27.7. The number of aromatic nitrogens is 3. The molecule has 0 aliphatic carbocycles. The largest absolute Gasteiger partial charge is 0.276 e. The Labute approximate surface area is 103 Å². The van der Waals surface area contributed by atoms with Crippen molar-refractivity contribution in [1.82, 2.24) is 14.8 Å². The van der Waals surface area contributed by atoms with E-state index in [-0.39, 0.29) is 10.0 Å². The number of hydrogen-bond acceptors (Lipinski definition) is 4. The van der Waals surface area contributed by atoms with Crippen LogP contribution in [0.1, 0.15) is 0 Å². The molecule has 1 N–H and O–H groups in total. The van der Waals surface area contributed by atoms with Crippen LogP contribution in [0.4, 0.5) is 5.69 Å². The molecular formula is C9H9ClN4O2S. The minimum atomic E-state index is -3.65. The maximum Gasteiger partial charge on any atom is 0.262 e. The maximum atomic E-state index is 11.9. The van der Waals surface area contributed by atoms with Crippen molar-refractivity contribution in [3.05, 3.63) is 35.9 Å². The smallest absolute Gasteiger partial charge is 0.262 e. The molecule has 0 unspecified atom stereocenters. The first-order chi connectivity index (χ1) is 7.97. The van der Waals surface area contributed by atoms with Crippen molar-refractivity contribution >= 4 is 27.3 Å². The van der Waals surface area contributed by atoms with E-state index in [0.717, 1.165) is 0 Å². The van der Waals surface area contributed by atoms with Gasteiger partial charge in [0.05, 0.1) is 16.8 Å². The molecule has 0 radical (unpaired) electrons. The standard InChI is InChI=1S/C9H9ClN4O2S/c1-14-6-7(5-12-14)13-17(15,16)8-2-3-11-9(10)4-8/h2-6,13H,1H3. The van der Waals surface area contributed by atoms with Crippen LogP contribution in [0.3, 0.4) is 0 Å². The highest BCUT2D eigenvalue weighted by molar-refractivity contribution is 7.92. The monoisotopic (exact) mass is 272 g/mol. The molecule has 0 aliphatic rings. The molecule has 0 fully saturated rings. The predicted molar refractivity (Wildman–Crippen MR) is 63.3 cm³/mol. The molecule has 0 spiro atoms. The van der Waals surface area contributed by atoms with Gasteiger partial charge in [-0.05, 0) is 12.1 Å². The van der Waals surface area contributed by atoms with Gasteiger partial charge in [-0.1, -0.05) is 11.6 Å². The summed E-state index contributed by atoms with van der Waals surface area (Å²) >= 11 is 5.64. The Morgan fingerprint density at radius 1 is 1.47 bits per heavy atom. The second-order valence-electron chi connectivity index (χ2n) is 3.32. The van der Waals surface area contributed by atoms with E-state index in [9.17, 15) is 8.42 Å². The van der Waals surface area contributed by atoms with Crippen molar-refractivity contribution in [2.75, 3.05) is 4.72 Å². The van der Waals surface area contributed by atoms with Gasteiger partial charge in [-0.2, -0.15) is 5.10 Å². The van der Waals surface area contributed by atoms with Crippen molar-refractivity contribution in [1.29, 1.82) is 0 Å². The highest BCUT2D eigenvalue weighted by Gasteiger charge is 2.15. The lowest BCUT2D eigenvalue weighted by atomic mass is 10.5. The molecular weight excluding hydrogens is 264 g/mol. The van der Waals surface area contributed by atoms with Crippen LogP contribution >= 0.6 is 11.6 Å². The van der Waals surface area contributed by atoms with Crippen LogP contribution in [0, 0.1) is 0 Å². The van der Waals surface area contributed by atoms with Crippen LogP contribution < -0.4 is 4.72 Å². The zero-order chi connectivity index (χ0) is 12.5. The van der Waals surface area contributed by atoms with Gasteiger partial charge in [-0.15, -0.1) is 0 Å². The van der Waals surface area contributed by atoms with Crippen molar-refractivity contribution in [3.63, 3.8) is 0 Å². The molecule has 0 amide bonds. The Hall–Kier alpha value is -1.60. The molecule has 2 aromatic heterocycles. The van der Waals surface area contributed by atoms with E-state index in [1.54, 1.807) is 13.2 Å². The van der Waals surface area contributed by atoms with Gasteiger partial charge in [0.25, 0.3) is 10.0 Å². The zero-order valence-electron chi connectivity index (χ0n) is 8.83. The zero-order valence-corrected chi connectivity index (χ0v) is 10.4. The number of sulfonamides is 1. The molecule has 0 aromatic carbocycles. The van der Waals surface area contributed by atoms with E-state index < -0.39 is 10.0 Å². The maximum absolute atomic E-state index is 11.9. The van der Waals surface area contributed by atoms with Crippen LogP contribution in [0.15, 0.2) is 35.6 Å². The van der Waals surface area contributed by atoms with Crippen LogP contribution in [0.2, 0.25) is 5.15 Å².